The average molecular weight is 504 g/mol. The molecule has 34 heavy (non-hydrogen) atoms. The predicted octanol–water partition coefficient (Wildman–Crippen LogP) is 7.40. The van der Waals surface area contributed by atoms with Crippen LogP contribution in [-0.2, 0) is 9.05 Å². The van der Waals surface area contributed by atoms with Crippen molar-refractivity contribution in [3.05, 3.63) is 82.9 Å². The fourth-order valence-electron chi connectivity index (χ4n) is 3.66. The first-order chi connectivity index (χ1) is 16.4. The van der Waals surface area contributed by atoms with Crippen molar-refractivity contribution in [2.24, 2.45) is 4.74 Å². The summed E-state index contributed by atoms with van der Waals surface area (Å²) < 4.78 is 43.4. The molecule has 0 atom stereocenters. The van der Waals surface area contributed by atoms with E-state index in [4.69, 9.17) is 31.9 Å². The van der Waals surface area contributed by atoms with E-state index < -0.39 is 19.3 Å². The van der Waals surface area contributed by atoms with Gasteiger partial charge >= 0.3 is 196 Å². The number of nitrogens with zero attached hydrogens (tertiary/aromatic N) is 2. The van der Waals surface area contributed by atoms with Gasteiger partial charge in [0, 0.05) is 0 Å². The summed E-state index contributed by atoms with van der Waals surface area (Å²) >= 11 is 0. The zero-order valence-electron chi connectivity index (χ0n) is 18.4. The second-order valence-electron chi connectivity index (χ2n) is 7.23. The molecular weight excluding hydrogens is 482 g/mol. The molecule has 2 aliphatic heterocycles. The molecule has 178 valence electrons. The maximum absolute atomic E-state index is 11.1. The first-order valence-electron chi connectivity index (χ1n) is 10.6. The Morgan fingerprint density at radius 2 is 1.21 bits per heavy atom. The number of non-ortho nitro benzene ring substituents is 1. The molecule has 0 aromatic heterocycles. The average Bonchev–Trinajstić information content (AvgIpc) is 3.35. The first kappa shape index (κ1) is 22.6. The Morgan fingerprint density at radius 3 is 1.56 bits per heavy atom. The third-order valence-corrected chi connectivity index (χ3v) is 13.9. The molecule has 0 unspecified atom stereocenters. The van der Waals surface area contributed by atoms with Gasteiger partial charge in [0.05, 0.1) is 0 Å². The molecule has 3 aromatic rings. The van der Waals surface area contributed by atoms with E-state index in [0.717, 1.165) is 0 Å². The van der Waals surface area contributed by atoms with Gasteiger partial charge in [-0.25, -0.2) is 0 Å². The minimum absolute atomic E-state index is 0.0679. The van der Waals surface area contributed by atoms with Gasteiger partial charge in [-0.2, -0.15) is 0 Å². The van der Waals surface area contributed by atoms with E-state index in [9.17, 15) is 10.1 Å². The van der Waals surface area contributed by atoms with Crippen LogP contribution in [0.3, 0.4) is 0 Å². The Labute approximate surface area is 195 Å². The summed E-state index contributed by atoms with van der Waals surface area (Å²) in [5, 5.41) is 11.1. The summed E-state index contributed by atoms with van der Waals surface area (Å²) in [4.78, 5) is 10.6. The van der Waals surface area contributed by atoms with Crippen molar-refractivity contribution in [1.29, 1.82) is 0 Å². The number of para-hydroxylation sites is 4. The zero-order valence-corrected chi connectivity index (χ0v) is 20.2. The number of hydrogen-bond donors (Lipinski definition) is 0. The summed E-state index contributed by atoms with van der Waals surface area (Å²) in [6.45, 7) is 3.96. The van der Waals surface area contributed by atoms with Gasteiger partial charge in [0.15, 0.2) is 0 Å². The number of nitro groups is 1. The van der Waals surface area contributed by atoms with E-state index in [0.29, 0.717) is 28.7 Å². The summed E-state index contributed by atoms with van der Waals surface area (Å²) in [5.74, 6) is 1.65. The van der Waals surface area contributed by atoms with Crippen LogP contribution in [0.25, 0.3) is 0 Å². The van der Waals surface area contributed by atoms with Gasteiger partial charge in [0.1, 0.15) is 0 Å². The normalized spacial score (nSPS) is 17.6. The van der Waals surface area contributed by atoms with E-state index in [2.05, 4.69) is 0 Å². The standard InChI is InChI=1S/C22H22N2O8P2/c1-3-27-33(28-4-2,23-17-13-15-18(16-14-17)24(25)26)34(29-19-9-5-6-10-20(19)30-34)31-21-11-7-8-12-22(21)32-34/h5-16H,3-4H2,1-2H3. The SMILES string of the molecule is CCOP(=Nc1ccc([N+](=O)[O-])cc1)(OCC)P12(Oc3ccccc3O1)Oc1ccccc1O2. The second kappa shape index (κ2) is 8.25. The molecule has 1 spiro atoms. The van der Waals surface area contributed by atoms with Crippen molar-refractivity contribution < 1.29 is 32.1 Å². The van der Waals surface area contributed by atoms with Gasteiger partial charge in [0.2, 0.25) is 0 Å². The summed E-state index contributed by atoms with van der Waals surface area (Å²) in [6, 6.07) is 19.9. The Kier molecular flexibility index (Phi) is 5.49. The molecule has 0 aliphatic carbocycles. The third-order valence-electron chi connectivity index (χ3n) is 5.01. The molecule has 0 bridgehead atoms. The van der Waals surface area contributed by atoms with Gasteiger partial charge in [0.25, 0.3) is 0 Å². The number of benzene rings is 3. The van der Waals surface area contributed by atoms with Gasteiger partial charge in [-0.3, -0.25) is 0 Å². The molecular formula is C22H22N2O8P2. The predicted molar refractivity (Wildman–Crippen MR) is 128 cm³/mol. The van der Waals surface area contributed by atoms with E-state index in [1.807, 2.05) is 0 Å². The molecule has 0 radical (unpaired) electrons. The summed E-state index contributed by atoms with van der Waals surface area (Å²) in [5.41, 5.74) is 0.299. The minimum atomic E-state index is -4.82. The molecule has 0 N–H and O–H groups in total. The quantitative estimate of drug-likeness (QED) is 0.186. The fourth-order valence-corrected chi connectivity index (χ4v) is 12.9. The van der Waals surface area contributed by atoms with Crippen LogP contribution in [0.2, 0.25) is 0 Å². The van der Waals surface area contributed by atoms with E-state index in [1.165, 1.54) is 24.3 Å². The van der Waals surface area contributed by atoms with Gasteiger partial charge in [-0.15, -0.1) is 0 Å². The van der Waals surface area contributed by atoms with Crippen LogP contribution >= 0.6 is 14.4 Å². The van der Waals surface area contributed by atoms with Crippen molar-refractivity contribution >= 4 is 25.8 Å². The van der Waals surface area contributed by atoms with Crippen LogP contribution in [0.1, 0.15) is 13.8 Å². The first-order valence-corrected chi connectivity index (χ1v) is 14.8. The maximum atomic E-state index is 11.1. The van der Waals surface area contributed by atoms with Crippen molar-refractivity contribution in [3.8, 4) is 23.0 Å². The van der Waals surface area contributed by atoms with Crippen LogP contribution in [0.4, 0.5) is 11.4 Å². The van der Waals surface area contributed by atoms with E-state index >= 15 is 0 Å². The van der Waals surface area contributed by atoms with Crippen LogP contribution in [0.5, 0.6) is 23.0 Å². The van der Waals surface area contributed by atoms with Crippen LogP contribution in [0, 0.1) is 10.1 Å². The molecule has 0 saturated carbocycles. The van der Waals surface area contributed by atoms with Gasteiger partial charge in [-0.05, 0) is 0 Å². The molecule has 0 saturated heterocycles. The molecule has 5 rings (SSSR count). The van der Waals surface area contributed by atoms with Crippen LogP contribution in [0.15, 0.2) is 77.5 Å². The Bertz CT molecular complexity index is 1190. The molecule has 0 fully saturated rings. The number of fused-ring (bicyclic) bond motifs is 2. The molecule has 12 heteroatoms. The fraction of sp³-hybridized carbons (Fsp3) is 0.182. The molecule has 2 heterocycles. The van der Waals surface area contributed by atoms with E-state index in [1.54, 1.807) is 62.4 Å². The Balaban J connectivity index is 1.77. The monoisotopic (exact) mass is 504 g/mol. The third kappa shape index (κ3) is 3.34. The molecule has 3 aromatic carbocycles. The Morgan fingerprint density at radius 1 is 0.794 bits per heavy atom. The van der Waals surface area contributed by atoms with Crippen LogP contribution in [-0.4, -0.2) is 18.1 Å². The van der Waals surface area contributed by atoms with Crippen LogP contribution < -0.4 is 18.1 Å². The number of nitro benzene ring substituents is 1. The van der Waals surface area contributed by atoms with Crippen molar-refractivity contribution in [2.75, 3.05) is 13.2 Å². The second-order valence-corrected chi connectivity index (χ2v) is 14.7. The topological polar surface area (TPSA) is 111 Å². The van der Waals surface area contributed by atoms with Crippen molar-refractivity contribution in [1.82, 2.24) is 0 Å². The summed E-state index contributed by atoms with van der Waals surface area (Å²) in [7, 11) is -8.49. The van der Waals surface area contributed by atoms with E-state index in [-0.39, 0.29) is 18.9 Å². The molecule has 10 nitrogen and oxygen atoms in total. The van der Waals surface area contributed by atoms with Gasteiger partial charge < -0.3 is 0 Å². The number of rotatable bonds is 7. The Hall–Kier alpha value is -3.16. The van der Waals surface area contributed by atoms with Crippen molar-refractivity contribution in [2.45, 2.75) is 13.8 Å². The van der Waals surface area contributed by atoms with Gasteiger partial charge in [-0.1, -0.05) is 0 Å². The molecule has 0 amide bonds. The molecule has 2 aliphatic rings. The summed E-state index contributed by atoms with van der Waals surface area (Å²) in [6.07, 6.45) is 0. The zero-order chi connectivity index (χ0) is 23.8. The number of hydrogen-bond acceptors (Lipinski definition) is 9. The van der Waals surface area contributed by atoms with Crippen molar-refractivity contribution in [3.63, 3.8) is 0 Å².